The van der Waals surface area contributed by atoms with Crippen molar-refractivity contribution >= 4 is 0 Å². The minimum Gasteiger partial charge on any atom is -0.389 e. The molecule has 0 aliphatic carbocycles. The van der Waals surface area contributed by atoms with E-state index >= 15 is 0 Å². The van der Waals surface area contributed by atoms with Gasteiger partial charge in [-0.2, -0.15) is 30.3 Å². The van der Waals surface area contributed by atoms with Crippen LogP contribution in [-0.2, 0) is 28.4 Å². The van der Waals surface area contributed by atoms with Gasteiger partial charge in [-0.3, -0.25) is 0 Å². The molecule has 0 heterocycles. The van der Waals surface area contributed by atoms with Crippen molar-refractivity contribution in [2.24, 2.45) is 0 Å². The normalized spacial score (nSPS) is 8.60. The molecule has 2 heteroatoms. The molecule has 0 aliphatic rings. The van der Waals surface area contributed by atoms with E-state index in [2.05, 4.69) is 12.1 Å². The summed E-state index contributed by atoms with van der Waals surface area (Å²) in [6.07, 6.45) is 0. The molecule has 82 valence electrons. The van der Waals surface area contributed by atoms with Gasteiger partial charge < -0.3 is 4.74 Å². The molecule has 0 aromatic heterocycles. The van der Waals surface area contributed by atoms with Gasteiger partial charge in [0.05, 0.1) is 0 Å². The van der Waals surface area contributed by atoms with Crippen LogP contribution in [0.5, 0.6) is 0 Å². The maximum atomic E-state index is 5.18. The van der Waals surface area contributed by atoms with Crippen molar-refractivity contribution in [1.29, 1.82) is 0 Å². The summed E-state index contributed by atoms with van der Waals surface area (Å²) in [5, 5.41) is 0. The van der Waals surface area contributed by atoms with Gasteiger partial charge in [0.2, 0.25) is 0 Å². The Morgan fingerprint density at radius 1 is 1.07 bits per heavy atom. The SMILES string of the molecule is CCOC[c-]1cccc1.[Fe+2].c1cc[cH-]c1. The Kier molecular flexibility index (Phi) is 9.19. The molecular weight excluding hydrogens is 228 g/mol. The van der Waals surface area contributed by atoms with Crippen LogP contribution in [0.15, 0.2) is 54.6 Å². The summed E-state index contributed by atoms with van der Waals surface area (Å²) in [6.45, 7) is 3.55. The van der Waals surface area contributed by atoms with E-state index in [0.29, 0.717) is 0 Å². The minimum atomic E-state index is 0. The van der Waals surface area contributed by atoms with Gasteiger partial charge in [-0.1, -0.05) is 0 Å². The first-order valence-corrected chi connectivity index (χ1v) is 4.88. The Labute approximate surface area is 102 Å². The van der Waals surface area contributed by atoms with Crippen LogP contribution in [0.3, 0.4) is 0 Å². The summed E-state index contributed by atoms with van der Waals surface area (Å²) < 4.78 is 5.18. The van der Waals surface area contributed by atoms with Gasteiger partial charge in [0.25, 0.3) is 0 Å². The first-order valence-electron chi connectivity index (χ1n) is 4.88. The van der Waals surface area contributed by atoms with Gasteiger partial charge in [-0.15, -0.1) is 5.56 Å². The van der Waals surface area contributed by atoms with Crippen LogP contribution < -0.4 is 0 Å². The predicted molar refractivity (Wildman–Crippen MR) is 59.4 cm³/mol. The van der Waals surface area contributed by atoms with Gasteiger partial charge in [-0.05, 0) is 6.92 Å². The second-order valence-corrected chi connectivity index (χ2v) is 2.89. The molecule has 2 aromatic carbocycles. The maximum absolute atomic E-state index is 5.18. The number of rotatable bonds is 3. The molecule has 0 N–H and O–H groups in total. The first-order chi connectivity index (χ1) is 6.93. The van der Waals surface area contributed by atoms with Crippen molar-refractivity contribution in [3.05, 3.63) is 60.2 Å². The van der Waals surface area contributed by atoms with Crippen LogP contribution in [0.25, 0.3) is 0 Å². The molecule has 1 nitrogen and oxygen atoms in total. The Balaban J connectivity index is 0.000000280. The average Bonchev–Trinajstić information content (AvgIpc) is 2.90. The van der Waals surface area contributed by atoms with Crippen LogP contribution in [-0.4, -0.2) is 6.61 Å². The van der Waals surface area contributed by atoms with E-state index in [0.717, 1.165) is 13.2 Å². The molecule has 0 atom stereocenters. The van der Waals surface area contributed by atoms with Gasteiger partial charge in [0.1, 0.15) is 0 Å². The largest absolute Gasteiger partial charge is 2.00 e. The zero-order valence-electron chi connectivity index (χ0n) is 8.87. The summed E-state index contributed by atoms with van der Waals surface area (Å²) in [6, 6.07) is 18.2. The van der Waals surface area contributed by atoms with Gasteiger partial charge in [0, 0.05) is 13.2 Å². The third-order valence-corrected chi connectivity index (χ3v) is 1.76. The van der Waals surface area contributed by atoms with Crippen LogP contribution in [0, 0.1) is 0 Å². The zero-order valence-corrected chi connectivity index (χ0v) is 9.98. The van der Waals surface area contributed by atoms with E-state index in [1.807, 2.05) is 49.4 Å². The van der Waals surface area contributed by atoms with Gasteiger partial charge in [-0.25, -0.2) is 24.3 Å². The Hall–Kier alpha value is -0.821. The average molecular weight is 244 g/mol. The predicted octanol–water partition coefficient (Wildman–Crippen LogP) is 3.35. The van der Waals surface area contributed by atoms with Gasteiger partial charge >= 0.3 is 17.1 Å². The van der Waals surface area contributed by atoms with Crippen molar-refractivity contribution < 1.29 is 21.8 Å². The fourth-order valence-corrected chi connectivity index (χ4v) is 1.05. The smallest absolute Gasteiger partial charge is 0.389 e. The summed E-state index contributed by atoms with van der Waals surface area (Å²) >= 11 is 0. The molecule has 15 heavy (non-hydrogen) atoms. The zero-order chi connectivity index (χ0) is 10.1. The summed E-state index contributed by atoms with van der Waals surface area (Å²) in [5.74, 6) is 0. The van der Waals surface area contributed by atoms with Crippen molar-refractivity contribution in [3.8, 4) is 0 Å². The van der Waals surface area contributed by atoms with Crippen LogP contribution >= 0.6 is 0 Å². The molecular formula is C13H16FeO. The van der Waals surface area contributed by atoms with Gasteiger partial charge in [0.15, 0.2) is 0 Å². The van der Waals surface area contributed by atoms with E-state index < -0.39 is 0 Å². The minimum absolute atomic E-state index is 0. The van der Waals surface area contributed by atoms with E-state index in [-0.39, 0.29) is 17.1 Å². The quantitative estimate of drug-likeness (QED) is 0.594. The summed E-state index contributed by atoms with van der Waals surface area (Å²) in [4.78, 5) is 0. The van der Waals surface area contributed by atoms with Crippen molar-refractivity contribution in [1.82, 2.24) is 0 Å². The fraction of sp³-hybridized carbons (Fsp3) is 0.231. The molecule has 0 radical (unpaired) electrons. The summed E-state index contributed by atoms with van der Waals surface area (Å²) in [7, 11) is 0. The molecule has 0 saturated heterocycles. The Bertz CT molecular complexity index is 267. The maximum Gasteiger partial charge on any atom is 2.00 e. The standard InChI is InChI=1S/C8H11O.C5H5.Fe/c1-2-9-7-8-5-3-4-6-8;1-2-4-5-3-1;/h3-6H,2,7H2,1H3;1-5H;/q2*-1;+2. The Morgan fingerprint density at radius 3 is 2.07 bits per heavy atom. The van der Waals surface area contributed by atoms with E-state index in [1.165, 1.54) is 5.56 Å². The summed E-state index contributed by atoms with van der Waals surface area (Å²) in [5.41, 5.74) is 1.26. The topological polar surface area (TPSA) is 9.23 Å². The monoisotopic (exact) mass is 244 g/mol. The first kappa shape index (κ1) is 14.2. The number of hydrogen-bond donors (Lipinski definition) is 0. The molecule has 0 spiro atoms. The molecule has 2 aromatic rings. The van der Waals surface area contributed by atoms with Crippen LogP contribution in [0.1, 0.15) is 12.5 Å². The Morgan fingerprint density at radius 2 is 1.67 bits per heavy atom. The van der Waals surface area contributed by atoms with E-state index in [1.54, 1.807) is 0 Å². The van der Waals surface area contributed by atoms with Crippen molar-refractivity contribution in [2.75, 3.05) is 6.61 Å². The van der Waals surface area contributed by atoms with Crippen LogP contribution in [0.4, 0.5) is 0 Å². The second kappa shape index (κ2) is 9.72. The molecule has 0 unspecified atom stereocenters. The molecule has 0 aliphatic heterocycles. The van der Waals surface area contributed by atoms with E-state index in [9.17, 15) is 0 Å². The third kappa shape index (κ3) is 7.15. The van der Waals surface area contributed by atoms with E-state index in [4.69, 9.17) is 4.74 Å². The molecule has 0 fully saturated rings. The second-order valence-electron chi connectivity index (χ2n) is 2.89. The molecule has 2 rings (SSSR count). The number of ether oxygens (including phenoxy) is 1. The third-order valence-electron chi connectivity index (χ3n) is 1.76. The number of hydrogen-bond acceptors (Lipinski definition) is 1. The molecule has 0 bridgehead atoms. The van der Waals surface area contributed by atoms with Crippen molar-refractivity contribution in [2.45, 2.75) is 13.5 Å². The van der Waals surface area contributed by atoms with Crippen LogP contribution in [0.2, 0.25) is 0 Å². The molecule has 0 saturated carbocycles. The molecule has 0 amide bonds. The van der Waals surface area contributed by atoms with Crippen molar-refractivity contribution in [3.63, 3.8) is 0 Å². The fourth-order valence-electron chi connectivity index (χ4n) is 1.05.